The minimum absolute atomic E-state index is 0.0730. The Kier molecular flexibility index (Phi) is 4.13. The van der Waals surface area contributed by atoms with Crippen molar-refractivity contribution >= 4 is 27.3 Å². The Hall–Kier alpha value is -1.92. The lowest BCUT2D eigenvalue weighted by atomic mass is 10.1. The Morgan fingerprint density at radius 1 is 1.11 bits per heavy atom. The Morgan fingerprint density at radius 2 is 1.84 bits per heavy atom. The molecule has 0 saturated heterocycles. The summed E-state index contributed by atoms with van der Waals surface area (Å²) in [5.74, 6) is 0. The second-order valence-corrected chi connectivity index (χ2v) is 5.29. The van der Waals surface area contributed by atoms with Crippen LogP contribution < -0.4 is 0 Å². The monoisotopic (exact) mass is 279 g/mol. The molecule has 3 rings (SSSR count). The summed E-state index contributed by atoms with van der Waals surface area (Å²) in [7, 11) is -4.09. The van der Waals surface area contributed by atoms with Crippen LogP contribution in [0.5, 0.6) is 0 Å². The summed E-state index contributed by atoms with van der Waals surface area (Å²) in [6.45, 7) is 1.62. The molecule has 0 aromatic heterocycles. The molecular weight excluding hydrogens is 266 g/mol. The molecule has 1 aliphatic rings. The molecule has 0 radical (unpaired) electrons. The topological polar surface area (TPSA) is 76.0 Å². The quantitative estimate of drug-likeness (QED) is 0.811. The number of rotatable bonds is 1. The van der Waals surface area contributed by atoms with E-state index >= 15 is 0 Å². The van der Waals surface area contributed by atoms with Crippen molar-refractivity contribution in [3.8, 4) is 0 Å². The molecule has 6 heteroatoms. The fourth-order valence-electron chi connectivity index (χ4n) is 1.59. The molecule has 0 unspecified atom stereocenters. The number of aliphatic imine (C=N–C) groups is 1. The van der Waals surface area contributed by atoms with E-state index in [-0.39, 0.29) is 4.90 Å². The van der Waals surface area contributed by atoms with Gasteiger partial charge in [-0.15, -0.1) is 0 Å². The highest BCUT2D eigenvalue weighted by molar-refractivity contribution is 7.85. The zero-order valence-electron chi connectivity index (χ0n) is 10.1. The smallest absolute Gasteiger partial charge is 0.294 e. The van der Waals surface area contributed by atoms with Gasteiger partial charge in [0.05, 0.1) is 11.4 Å². The molecule has 0 bridgehead atoms. The van der Waals surface area contributed by atoms with E-state index in [1.807, 2.05) is 18.2 Å². The van der Waals surface area contributed by atoms with E-state index in [0.717, 1.165) is 23.9 Å². The highest BCUT2D eigenvalue weighted by Gasteiger charge is 2.08. The molecular formula is C13H13NO4S. The molecule has 1 heterocycles. The largest absolute Gasteiger partial charge is 0.482 e. The highest BCUT2D eigenvalue weighted by atomic mass is 32.2. The van der Waals surface area contributed by atoms with Crippen LogP contribution in [0.1, 0.15) is 0 Å². The Balaban J connectivity index is 0.000000224. The van der Waals surface area contributed by atoms with E-state index in [2.05, 4.69) is 9.73 Å². The number of fused-ring (bicyclic) bond motifs is 1. The van der Waals surface area contributed by atoms with Gasteiger partial charge < -0.3 is 4.74 Å². The fraction of sp³-hybridized carbons (Fsp3) is 0.154. The van der Waals surface area contributed by atoms with Crippen LogP contribution in [0, 0.1) is 0 Å². The molecule has 1 aliphatic heterocycles. The van der Waals surface area contributed by atoms with Crippen molar-refractivity contribution in [2.45, 2.75) is 4.90 Å². The van der Waals surface area contributed by atoms with Crippen molar-refractivity contribution < 1.29 is 17.7 Å². The minimum Gasteiger partial charge on any atom is -0.482 e. The number of benzene rings is 2. The van der Waals surface area contributed by atoms with Gasteiger partial charge in [0.25, 0.3) is 10.1 Å². The van der Waals surface area contributed by atoms with Crippen LogP contribution in [0.2, 0.25) is 0 Å². The van der Waals surface area contributed by atoms with Gasteiger partial charge in [-0.1, -0.05) is 30.3 Å². The summed E-state index contributed by atoms with van der Waals surface area (Å²) < 4.78 is 35.1. The molecule has 0 atom stereocenters. The van der Waals surface area contributed by atoms with E-state index < -0.39 is 10.1 Å². The zero-order chi connectivity index (χ0) is 13.7. The van der Waals surface area contributed by atoms with Crippen LogP contribution in [-0.2, 0) is 14.9 Å². The first-order valence-electron chi connectivity index (χ1n) is 5.63. The van der Waals surface area contributed by atoms with E-state index in [1.54, 1.807) is 12.1 Å². The maximum Gasteiger partial charge on any atom is 0.294 e. The van der Waals surface area contributed by atoms with Crippen LogP contribution in [0.15, 0.2) is 52.4 Å². The van der Waals surface area contributed by atoms with Crippen LogP contribution in [0.4, 0.5) is 0 Å². The van der Waals surface area contributed by atoms with Crippen LogP contribution in [0.3, 0.4) is 0 Å². The Bertz CT molecular complexity index is 689. The van der Waals surface area contributed by atoms with Gasteiger partial charge in [0.2, 0.25) is 0 Å². The first-order chi connectivity index (χ1) is 9.07. The summed E-state index contributed by atoms with van der Waals surface area (Å²) in [5, 5.41) is 1.74. The lowest BCUT2D eigenvalue weighted by Crippen LogP contribution is -1.97. The standard InChI is InChI=1S/C10H8O3S.C3H5NO/c11-14(12,13)10-6-5-8-3-1-2-4-9(8)7-10;1-2-5-3-4-1/h1-7H,(H,11,12,13);3H,1-2H2. The average molecular weight is 279 g/mol. The average Bonchev–Trinajstić information content (AvgIpc) is 2.96. The number of nitrogens with zero attached hydrogens (tertiary/aromatic N) is 1. The second kappa shape index (κ2) is 5.81. The molecule has 0 spiro atoms. The van der Waals surface area contributed by atoms with Crippen molar-refractivity contribution in [3.63, 3.8) is 0 Å². The van der Waals surface area contributed by atoms with Gasteiger partial charge in [0.15, 0.2) is 6.40 Å². The van der Waals surface area contributed by atoms with E-state index in [4.69, 9.17) is 4.55 Å². The van der Waals surface area contributed by atoms with Crippen LogP contribution >= 0.6 is 0 Å². The van der Waals surface area contributed by atoms with E-state index in [0.29, 0.717) is 0 Å². The molecule has 1 N–H and O–H groups in total. The van der Waals surface area contributed by atoms with Gasteiger partial charge in [-0.2, -0.15) is 8.42 Å². The van der Waals surface area contributed by atoms with Crippen molar-refractivity contribution in [2.24, 2.45) is 4.99 Å². The maximum atomic E-state index is 10.8. The van der Waals surface area contributed by atoms with Gasteiger partial charge >= 0.3 is 0 Å². The predicted molar refractivity (Wildman–Crippen MR) is 73.1 cm³/mol. The third kappa shape index (κ3) is 3.77. The third-order valence-electron chi connectivity index (χ3n) is 2.51. The molecule has 19 heavy (non-hydrogen) atoms. The Labute approximate surface area is 111 Å². The summed E-state index contributed by atoms with van der Waals surface area (Å²) in [6, 6.07) is 11.9. The minimum atomic E-state index is -4.09. The second-order valence-electron chi connectivity index (χ2n) is 3.87. The lowest BCUT2D eigenvalue weighted by Gasteiger charge is -1.99. The van der Waals surface area contributed by atoms with Gasteiger partial charge in [-0.25, -0.2) is 0 Å². The molecule has 0 fully saturated rings. The van der Waals surface area contributed by atoms with Gasteiger partial charge in [-0.05, 0) is 22.9 Å². The Morgan fingerprint density at radius 3 is 2.37 bits per heavy atom. The zero-order valence-corrected chi connectivity index (χ0v) is 10.9. The van der Waals surface area contributed by atoms with E-state index in [1.165, 1.54) is 18.5 Å². The van der Waals surface area contributed by atoms with Gasteiger partial charge in [0.1, 0.15) is 6.61 Å². The lowest BCUT2D eigenvalue weighted by molar-refractivity contribution is 0.361. The molecule has 0 aliphatic carbocycles. The maximum absolute atomic E-state index is 10.8. The van der Waals surface area contributed by atoms with Crippen LogP contribution in [-0.4, -0.2) is 32.5 Å². The normalized spacial score (nSPS) is 13.7. The van der Waals surface area contributed by atoms with Crippen molar-refractivity contribution in [1.29, 1.82) is 0 Å². The van der Waals surface area contributed by atoms with Crippen molar-refractivity contribution in [3.05, 3.63) is 42.5 Å². The van der Waals surface area contributed by atoms with Crippen LogP contribution in [0.25, 0.3) is 10.8 Å². The summed E-state index contributed by atoms with van der Waals surface area (Å²) >= 11 is 0. The van der Waals surface area contributed by atoms with Gasteiger partial charge in [-0.3, -0.25) is 9.55 Å². The molecule has 2 aromatic rings. The van der Waals surface area contributed by atoms with Gasteiger partial charge in [0, 0.05) is 0 Å². The number of hydrogen-bond donors (Lipinski definition) is 1. The first-order valence-corrected chi connectivity index (χ1v) is 7.07. The molecule has 0 saturated carbocycles. The van der Waals surface area contributed by atoms with Crippen molar-refractivity contribution in [1.82, 2.24) is 0 Å². The van der Waals surface area contributed by atoms with Crippen molar-refractivity contribution in [2.75, 3.05) is 13.2 Å². The van der Waals surface area contributed by atoms with E-state index in [9.17, 15) is 8.42 Å². The molecule has 2 aromatic carbocycles. The molecule has 0 amide bonds. The number of ether oxygens (including phenoxy) is 1. The molecule has 5 nitrogen and oxygen atoms in total. The fourth-order valence-corrected chi connectivity index (χ4v) is 2.11. The first kappa shape index (κ1) is 13.5. The molecule has 100 valence electrons. The predicted octanol–water partition coefficient (Wildman–Crippen LogP) is 2.13. The highest BCUT2D eigenvalue weighted by Crippen LogP contribution is 2.18. The summed E-state index contributed by atoms with van der Waals surface area (Å²) in [4.78, 5) is 3.66. The SMILES string of the molecule is C1=NCCO1.O=S(=O)(O)c1ccc2ccccc2c1. The summed E-state index contributed by atoms with van der Waals surface area (Å²) in [5.41, 5.74) is 0. The third-order valence-corrected chi connectivity index (χ3v) is 3.36. The number of hydrogen-bond acceptors (Lipinski definition) is 4. The summed E-state index contributed by atoms with van der Waals surface area (Å²) in [6.07, 6.45) is 1.49.